The van der Waals surface area contributed by atoms with E-state index in [-0.39, 0.29) is 0 Å². The number of carboxylic acid groups (broad SMARTS) is 2. The number of hydrogen-bond donors (Lipinski definition) is 2. The highest BCUT2D eigenvalue weighted by Crippen LogP contribution is 2.08. The van der Waals surface area contributed by atoms with E-state index in [9.17, 15) is 9.59 Å². The number of rotatable bonds is 26. The molecule has 0 unspecified atom stereocenters. The molecule has 2 N–H and O–H groups in total. The first-order valence-electron chi connectivity index (χ1n) is 16.3. The molecule has 4 nitrogen and oxygen atoms in total. The maximum atomic E-state index is 10.3. The Morgan fingerprint density at radius 1 is 0.452 bits per heavy atom. The Bertz CT molecular complexity index is 837. The highest BCUT2D eigenvalue weighted by Gasteiger charge is 1.94. The van der Waals surface area contributed by atoms with E-state index in [2.05, 4.69) is 62.5 Å². The average Bonchev–Trinajstić information content (AvgIpc) is 2.97. The van der Waals surface area contributed by atoms with Crippen molar-refractivity contribution in [2.45, 2.75) is 129 Å². The quantitative estimate of drug-likeness (QED) is 0.0462. The predicted molar refractivity (Wildman–Crippen MR) is 183 cm³/mol. The summed E-state index contributed by atoms with van der Waals surface area (Å²) in [5.74, 6) is -1.63. The zero-order chi connectivity index (χ0) is 31.2. The van der Waals surface area contributed by atoms with E-state index in [0.717, 1.165) is 44.6 Å². The lowest BCUT2D eigenvalue weighted by Crippen LogP contribution is -1.92. The highest BCUT2D eigenvalue weighted by molar-refractivity contribution is 5.80. The van der Waals surface area contributed by atoms with E-state index in [1.807, 2.05) is 24.3 Å². The third-order valence-electron chi connectivity index (χ3n) is 6.16. The third-order valence-corrected chi connectivity index (χ3v) is 6.16. The number of allylic oxidation sites excluding steroid dienone is 15. The Hall–Kier alpha value is -3.14. The molecule has 0 aliphatic heterocycles. The summed E-state index contributed by atoms with van der Waals surface area (Å²) in [6, 6.07) is 0. The van der Waals surface area contributed by atoms with E-state index in [4.69, 9.17) is 10.2 Å². The Kier molecular flexibility index (Phi) is 37.0. The topological polar surface area (TPSA) is 74.6 Å². The van der Waals surface area contributed by atoms with Gasteiger partial charge in [-0.1, -0.05) is 156 Å². The van der Waals surface area contributed by atoms with E-state index in [0.29, 0.717) is 6.42 Å². The van der Waals surface area contributed by atoms with Crippen molar-refractivity contribution in [3.05, 3.63) is 97.2 Å². The SMILES string of the molecule is CCCCC/C=C\C/C=C\C/C=C\CCCCC(=O)O.CCCCCCCCCC=CC=CC=CC=CC=CC(=O)O. The van der Waals surface area contributed by atoms with Gasteiger partial charge >= 0.3 is 11.9 Å². The lowest BCUT2D eigenvalue weighted by molar-refractivity contribution is -0.137. The van der Waals surface area contributed by atoms with Gasteiger partial charge in [0.25, 0.3) is 0 Å². The van der Waals surface area contributed by atoms with Gasteiger partial charge in [-0.05, 0) is 57.8 Å². The smallest absolute Gasteiger partial charge is 0.328 e. The monoisotopic (exact) mass is 580 g/mol. The van der Waals surface area contributed by atoms with E-state index in [1.165, 1.54) is 76.7 Å². The van der Waals surface area contributed by atoms with Gasteiger partial charge in [-0.3, -0.25) is 4.79 Å². The summed E-state index contributed by atoms with van der Waals surface area (Å²) in [5, 5.41) is 16.9. The molecular formula is C38H60O4. The minimum atomic E-state index is -0.931. The molecule has 4 heteroatoms. The Balaban J connectivity index is 0. The molecule has 0 aromatic carbocycles. The van der Waals surface area contributed by atoms with Gasteiger partial charge < -0.3 is 10.2 Å². The molecule has 0 aromatic rings. The lowest BCUT2D eigenvalue weighted by atomic mass is 10.1. The van der Waals surface area contributed by atoms with Crippen LogP contribution in [0.3, 0.4) is 0 Å². The average molecular weight is 581 g/mol. The standard InChI is InChI=1S/C20H30O2.C18H30O2/c1-2-3-4-5-6-7-8-9-10-11-12-13-14-15-16-17-18-19-20(21)22;1-2-3-4-5-6-7-8-9-10-11-12-13-14-15-16-17-18(19)20/h10-19H,2-9H2,1H3,(H,21,22);6-7,9-10,12-13H,2-5,8,11,14-17H2,1H3,(H,19,20)/b;7-6-,10-9-,13-12-. The normalized spacial score (nSPS) is 12.4. The molecule has 0 atom stereocenters. The predicted octanol–water partition coefficient (Wildman–Crippen LogP) is 11.7. The summed E-state index contributed by atoms with van der Waals surface area (Å²) >= 11 is 0. The van der Waals surface area contributed by atoms with Gasteiger partial charge in [0.05, 0.1) is 0 Å². The largest absolute Gasteiger partial charge is 0.481 e. The van der Waals surface area contributed by atoms with Crippen LogP contribution in [0.25, 0.3) is 0 Å². The molecule has 236 valence electrons. The van der Waals surface area contributed by atoms with Crippen molar-refractivity contribution in [2.75, 3.05) is 0 Å². The van der Waals surface area contributed by atoms with Crippen molar-refractivity contribution >= 4 is 11.9 Å². The van der Waals surface area contributed by atoms with Crippen LogP contribution >= 0.6 is 0 Å². The molecule has 0 aromatic heterocycles. The molecule has 0 spiro atoms. The van der Waals surface area contributed by atoms with Gasteiger partial charge in [-0.2, -0.15) is 0 Å². The lowest BCUT2D eigenvalue weighted by Gasteiger charge is -1.98. The van der Waals surface area contributed by atoms with Crippen molar-refractivity contribution in [3.8, 4) is 0 Å². The van der Waals surface area contributed by atoms with Crippen LogP contribution in [0.1, 0.15) is 129 Å². The number of carbonyl (C=O) groups is 2. The van der Waals surface area contributed by atoms with Gasteiger partial charge in [0.15, 0.2) is 0 Å². The van der Waals surface area contributed by atoms with Crippen molar-refractivity contribution in [1.29, 1.82) is 0 Å². The summed E-state index contributed by atoms with van der Waals surface area (Å²) in [5.41, 5.74) is 0. The third kappa shape index (κ3) is 43.9. The molecule has 0 aliphatic carbocycles. The van der Waals surface area contributed by atoms with Crippen LogP contribution in [0.15, 0.2) is 97.2 Å². The van der Waals surface area contributed by atoms with Crippen LogP contribution in [0, 0.1) is 0 Å². The first-order chi connectivity index (χ1) is 20.5. The molecule has 0 aliphatic rings. The van der Waals surface area contributed by atoms with Gasteiger partial charge in [0.2, 0.25) is 0 Å². The maximum absolute atomic E-state index is 10.3. The van der Waals surface area contributed by atoms with E-state index >= 15 is 0 Å². The molecule has 0 fully saturated rings. The van der Waals surface area contributed by atoms with Gasteiger partial charge in [-0.25, -0.2) is 4.79 Å². The van der Waals surface area contributed by atoms with Crippen LogP contribution < -0.4 is 0 Å². The maximum Gasteiger partial charge on any atom is 0.328 e. The zero-order valence-electron chi connectivity index (χ0n) is 26.7. The fourth-order valence-corrected chi connectivity index (χ4v) is 3.75. The van der Waals surface area contributed by atoms with Crippen molar-refractivity contribution in [1.82, 2.24) is 0 Å². The van der Waals surface area contributed by atoms with E-state index in [1.54, 1.807) is 12.2 Å². The fourth-order valence-electron chi connectivity index (χ4n) is 3.75. The number of hydrogen-bond acceptors (Lipinski definition) is 2. The number of aliphatic carboxylic acids is 2. The molecule has 0 amide bonds. The Morgan fingerprint density at radius 2 is 0.857 bits per heavy atom. The molecule has 0 saturated carbocycles. The summed E-state index contributed by atoms with van der Waals surface area (Å²) in [4.78, 5) is 20.5. The number of carboxylic acids is 2. The minimum Gasteiger partial charge on any atom is -0.481 e. The van der Waals surface area contributed by atoms with Crippen LogP contribution in [-0.4, -0.2) is 22.2 Å². The first kappa shape index (κ1) is 41.0. The number of unbranched alkanes of at least 4 members (excludes halogenated alkanes) is 12. The molecule has 0 heterocycles. The second-order valence-corrected chi connectivity index (χ2v) is 10.2. The van der Waals surface area contributed by atoms with Crippen LogP contribution in [0.5, 0.6) is 0 Å². The highest BCUT2D eigenvalue weighted by atomic mass is 16.4. The molecule has 0 saturated heterocycles. The fraction of sp³-hybridized carbons (Fsp3) is 0.526. The second kappa shape index (κ2) is 37.9. The van der Waals surface area contributed by atoms with Gasteiger partial charge in [0.1, 0.15) is 0 Å². The Labute approximate surface area is 258 Å². The summed E-state index contributed by atoms with van der Waals surface area (Å²) < 4.78 is 0. The first-order valence-corrected chi connectivity index (χ1v) is 16.3. The summed E-state index contributed by atoms with van der Waals surface area (Å²) in [6.45, 7) is 4.48. The van der Waals surface area contributed by atoms with Crippen molar-refractivity contribution < 1.29 is 19.8 Å². The van der Waals surface area contributed by atoms with Crippen LogP contribution in [-0.2, 0) is 9.59 Å². The van der Waals surface area contributed by atoms with Crippen LogP contribution in [0.2, 0.25) is 0 Å². The summed E-state index contributed by atoms with van der Waals surface area (Å²) in [7, 11) is 0. The minimum absolute atomic E-state index is 0.290. The second-order valence-electron chi connectivity index (χ2n) is 10.2. The van der Waals surface area contributed by atoms with Crippen molar-refractivity contribution in [2.24, 2.45) is 0 Å². The van der Waals surface area contributed by atoms with Crippen molar-refractivity contribution in [3.63, 3.8) is 0 Å². The summed E-state index contributed by atoms with van der Waals surface area (Å²) in [6.07, 6.45) is 52.1. The van der Waals surface area contributed by atoms with Gasteiger partial charge in [0, 0.05) is 12.5 Å². The molecule has 0 bridgehead atoms. The molecule has 0 radical (unpaired) electrons. The van der Waals surface area contributed by atoms with E-state index < -0.39 is 11.9 Å². The van der Waals surface area contributed by atoms with Gasteiger partial charge in [-0.15, -0.1) is 0 Å². The molecular weight excluding hydrogens is 520 g/mol. The molecule has 42 heavy (non-hydrogen) atoms. The zero-order valence-corrected chi connectivity index (χ0v) is 26.7. The molecule has 0 rings (SSSR count). The Morgan fingerprint density at radius 3 is 1.40 bits per heavy atom. The van der Waals surface area contributed by atoms with Crippen LogP contribution in [0.4, 0.5) is 0 Å².